The minimum absolute atomic E-state index is 0.130. The fraction of sp³-hybridized carbons (Fsp3) is 0.450. The molecule has 0 saturated heterocycles. The van der Waals surface area contributed by atoms with Crippen LogP contribution in [0.1, 0.15) is 25.7 Å². The van der Waals surface area contributed by atoms with Crippen LogP contribution in [0.25, 0.3) is 0 Å². The number of hydrogen-bond acceptors (Lipinski definition) is 5. The van der Waals surface area contributed by atoms with E-state index in [9.17, 15) is 0 Å². The molecule has 0 unspecified atom stereocenters. The van der Waals surface area contributed by atoms with Crippen LogP contribution in [0.5, 0.6) is 11.5 Å². The molecule has 0 spiro atoms. The van der Waals surface area contributed by atoms with Gasteiger partial charge in [0, 0.05) is 18.7 Å². The molecular weight excluding hydrogens is 531 g/mol. The Kier molecular flexibility index (Phi) is 16.5. The summed E-state index contributed by atoms with van der Waals surface area (Å²) in [6, 6.07) is 3.27. The first-order valence-corrected chi connectivity index (χ1v) is 11.7. The maximum atomic E-state index is 6.23. The van der Waals surface area contributed by atoms with E-state index in [0.29, 0.717) is 41.4 Å². The number of ether oxygens (including phenoxy) is 3. The zero-order chi connectivity index (χ0) is 22.9. The van der Waals surface area contributed by atoms with Crippen molar-refractivity contribution >= 4 is 75.8 Å². The Bertz CT molecular complexity index is 711. The molecule has 0 radical (unpaired) electrons. The van der Waals surface area contributed by atoms with E-state index in [1.165, 1.54) is 18.4 Å². The number of benzene rings is 1. The molecule has 0 aliphatic rings. The molecule has 0 heterocycles. The van der Waals surface area contributed by atoms with E-state index in [1.54, 1.807) is 12.1 Å². The summed E-state index contributed by atoms with van der Waals surface area (Å²) in [6.45, 7) is 1.96. The summed E-state index contributed by atoms with van der Waals surface area (Å²) >= 11 is 34.4. The van der Waals surface area contributed by atoms with Crippen LogP contribution in [-0.2, 0) is 9.57 Å². The van der Waals surface area contributed by atoms with Crippen molar-refractivity contribution in [3.63, 3.8) is 0 Å². The van der Waals surface area contributed by atoms with Crippen molar-refractivity contribution in [2.75, 3.05) is 33.0 Å². The zero-order valence-electron chi connectivity index (χ0n) is 16.6. The smallest absolute Gasteiger partial charge is 0.156 e. The third-order valence-corrected chi connectivity index (χ3v) is 4.72. The normalized spacial score (nSPS) is 10.8. The van der Waals surface area contributed by atoms with Crippen molar-refractivity contribution in [3.8, 4) is 11.5 Å². The monoisotopic (exact) mass is 551 g/mol. The summed E-state index contributed by atoms with van der Waals surface area (Å²) in [6.07, 6.45) is 8.37. The fourth-order valence-electron chi connectivity index (χ4n) is 2.16. The van der Waals surface area contributed by atoms with E-state index >= 15 is 0 Å². The highest BCUT2D eigenvalue weighted by molar-refractivity contribution is 6.56. The van der Waals surface area contributed by atoms with E-state index < -0.39 is 0 Å². The number of nitrogens with zero attached hydrogens (tertiary/aromatic N) is 1. The molecule has 0 amide bonds. The molecule has 0 aliphatic heterocycles. The summed E-state index contributed by atoms with van der Waals surface area (Å²) < 4.78 is 16.9. The quantitative estimate of drug-likeness (QED) is 0.118. The van der Waals surface area contributed by atoms with Crippen LogP contribution in [0.2, 0.25) is 10.0 Å². The summed E-state index contributed by atoms with van der Waals surface area (Å²) in [5.74, 6) is 0.941. The number of halogens is 6. The first-order chi connectivity index (χ1) is 14.9. The lowest BCUT2D eigenvalue weighted by atomic mass is 10.2. The molecule has 11 heteroatoms. The first kappa shape index (κ1) is 28.5. The van der Waals surface area contributed by atoms with Crippen molar-refractivity contribution in [1.82, 2.24) is 0 Å². The van der Waals surface area contributed by atoms with E-state index in [1.807, 2.05) is 0 Å². The van der Waals surface area contributed by atoms with Crippen molar-refractivity contribution in [3.05, 3.63) is 43.3 Å². The van der Waals surface area contributed by atoms with Gasteiger partial charge in [-0.25, -0.2) is 0 Å². The maximum Gasteiger partial charge on any atom is 0.156 e. The van der Waals surface area contributed by atoms with Gasteiger partial charge in [-0.1, -0.05) is 81.2 Å². The molecule has 0 bridgehead atoms. The van der Waals surface area contributed by atoms with Gasteiger partial charge in [-0.15, -0.1) is 0 Å². The van der Waals surface area contributed by atoms with E-state index in [-0.39, 0.29) is 22.2 Å². The number of rotatable bonds is 16. The highest BCUT2D eigenvalue weighted by Crippen LogP contribution is 2.37. The molecule has 1 aromatic rings. The second-order valence-corrected chi connectivity index (χ2v) is 8.77. The predicted octanol–water partition coefficient (Wildman–Crippen LogP) is 7.97. The van der Waals surface area contributed by atoms with E-state index in [0.717, 1.165) is 25.7 Å². The third-order valence-electron chi connectivity index (χ3n) is 3.54. The van der Waals surface area contributed by atoms with Gasteiger partial charge in [-0.3, -0.25) is 0 Å². The van der Waals surface area contributed by atoms with Crippen LogP contribution in [0.4, 0.5) is 0 Å². The number of oxime groups is 1. The van der Waals surface area contributed by atoms with Gasteiger partial charge in [-0.05, 0) is 31.4 Å². The molecule has 174 valence electrons. The molecule has 0 saturated carbocycles. The molecule has 1 aromatic carbocycles. The summed E-state index contributed by atoms with van der Waals surface area (Å²) in [7, 11) is 0. The second kappa shape index (κ2) is 18.0. The third kappa shape index (κ3) is 15.0. The molecule has 0 aromatic heterocycles. The zero-order valence-corrected chi connectivity index (χ0v) is 21.1. The van der Waals surface area contributed by atoms with Crippen LogP contribution in [0.15, 0.2) is 38.4 Å². The van der Waals surface area contributed by atoms with Crippen LogP contribution >= 0.6 is 69.6 Å². The highest BCUT2D eigenvalue weighted by atomic mass is 35.5. The van der Waals surface area contributed by atoms with Gasteiger partial charge in [0.15, 0.2) is 5.75 Å². The number of unbranched alkanes of at least 4 members (excludes halogenated alkanes) is 3. The average Bonchev–Trinajstić information content (AvgIpc) is 2.69. The topological polar surface area (TPSA) is 49.3 Å². The molecule has 0 fully saturated rings. The molecular formula is C20H23Cl6NO4. The Hall–Kier alpha value is -0.530. The lowest BCUT2D eigenvalue weighted by Gasteiger charge is -2.12. The SMILES string of the molecule is ClC(Cl)=CCO/N=C/COCCCCCCOc1c(Cl)cc(OCC=C(Cl)Cl)cc1Cl. The van der Waals surface area contributed by atoms with Crippen LogP contribution in [-0.4, -0.2) is 39.2 Å². The van der Waals surface area contributed by atoms with Gasteiger partial charge in [0.2, 0.25) is 0 Å². The molecule has 0 N–H and O–H groups in total. The average molecular weight is 554 g/mol. The van der Waals surface area contributed by atoms with Gasteiger partial charge in [-0.2, -0.15) is 0 Å². The van der Waals surface area contributed by atoms with E-state index in [4.69, 9.17) is 88.7 Å². The fourth-order valence-corrected chi connectivity index (χ4v) is 2.98. The molecule has 0 aliphatic carbocycles. The Morgan fingerprint density at radius 3 is 2.03 bits per heavy atom. The highest BCUT2D eigenvalue weighted by Gasteiger charge is 2.10. The summed E-state index contributed by atoms with van der Waals surface area (Å²) in [4.78, 5) is 4.89. The lowest BCUT2D eigenvalue weighted by molar-refractivity contribution is 0.153. The lowest BCUT2D eigenvalue weighted by Crippen LogP contribution is -2.01. The number of hydrogen-bond donors (Lipinski definition) is 0. The largest absolute Gasteiger partial charge is 0.490 e. The van der Waals surface area contributed by atoms with Gasteiger partial charge in [0.25, 0.3) is 0 Å². The molecule has 1 rings (SSSR count). The van der Waals surface area contributed by atoms with Gasteiger partial charge >= 0.3 is 0 Å². The minimum Gasteiger partial charge on any atom is -0.490 e. The Labute approximate surface area is 212 Å². The first-order valence-electron chi connectivity index (χ1n) is 9.38. The molecule has 5 nitrogen and oxygen atoms in total. The second-order valence-electron chi connectivity index (χ2n) is 5.94. The summed E-state index contributed by atoms with van der Waals surface area (Å²) in [5.41, 5.74) is 0. The Balaban J connectivity index is 2.11. The standard InChI is InChI=1S/C20H23Cl6NO4/c21-16-13-15(29-10-5-18(23)24)14-17(22)20(16)30-9-4-2-1-3-8-28-12-7-27-31-11-6-19(25)26/h5-7,13-14H,1-4,8-12H2/b27-7+. The van der Waals surface area contributed by atoms with Crippen LogP contribution in [0.3, 0.4) is 0 Å². The van der Waals surface area contributed by atoms with Crippen LogP contribution in [0, 0.1) is 0 Å². The summed E-state index contributed by atoms with van der Waals surface area (Å²) in [5, 5.41) is 4.46. The molecule has 31 heavy (non-hydrogen) atoms. The Morgan fingerprint density at radius 2 is 1.39 bits per heavy atom. The van der Waals surface area contributed by atoms with Gasteiger partial charge < -0.3 is 19.0 Å². The van der Waals surface area contributed by atoms with Crippen molar-refractivity contribution in [2.45, 2.75) is 25.7 Å². The van der Waals surface area contributed by atoms with Crippen molar-refractivity contribution < 1.29 is 19.0 Å². The van der Waals surface area contributed by atoms with Gasteiger partial charge in [0.05, 0.1) is 29.5 Å². The maximum absolute atomic E-state index is 6.23. The molecule has 0 atom stereocenters. The van der Waals surface area contributed by atoms with Crippen LogP contribution < -0.4 is 9.47 Å². The van der Waals surface area contributed by atoms with Gasteiger partial charge in [0.1, 0.15) is 27.9 Å². The minimum atomic E-state index is 0.130. The van der Waals surface area contributed by atoms with E-state index in [2.05, 4.69) is 5.16 Å². The Morgan fingerprint density at radius 1 is 0.774 bits per heavy atom. The van der Waals surface area contributed by atoms with Crippen molar-refractivity contribution in [1.29, 1.82) is 0 Å². The van der Waals surface area contributed by atoms with Crippen molar-refractivity contribution in [2.24, 2.45) is 5.16 Å². The predicted molar refractivity (Wildman–Crippen MR) is 131 cm³/mol.